The van der Waals surface area contributed by atoms with E-state index in [1.54, 1.807) is 0 Å². The summed E-state index contributed by atoms with van der Waals surface area (Å²) in [6.45, 7) is 9.97. The zero-order chi connectivity index (χ0) is 19.4. The molecule has 2 aliphatic rings. The van der Waals surface area contributed by atoms with Crippen molar-refractivity contribution >= 4 is 5.96 Å². The van der Waals surface area contributed by atoms with E-state index in [9.17, 15) is 0 Å². The van der Waals surface area contributed by atoms with Crippen LogP contribution in [0, 0.1) is 0 Å². The highest BCUT2D eigenvalue weighted by Crippen LogP contribution is 2.24. The average molecular weight is 374 g/mol. The van der Waals surface area contributed by atoms with Crippen molar-refractivity contribution in [3.05, 3.63) is 35.9 Å². The monoisotopic (exact) mass is 373 g/mol. The van der Waals surface area contributed by atoms with Crippen molar-refractivity contribution in [1.82, 2.24) is 20.0 Å². The number of likely N-dealkylation sites (N-methyl/N-ethyl adjacent to an activating group) is 1. The lowest BCUT2D eigenvalue weighted by molar-refractivity contribution is -0.0502. The lowest BCUT2D eigenvalue weighted by Gasteiger charge is -2.36. The number of nitrogens with zero attached hydrogens (tertiary/aromatic N) is 4. The van der Waals surface area contributed by atoms with Gasteiger partial charge in [0.1, 0.15) is 0 Å². The number of hydrogen-bond acceptors (Lipinski definition) is 4. The molecule has 0 aromatic heterocycles. The van der Waals surface area contributed by atoms with Crippen LogP contribution in [0.15, 0.2) is 35.3 Å². The minimum absolute atomic E-state index is 0.0677. The zero-order valence-corrected chi connectivity index (χ0v) is 17.5. The van der Waals surface area contributed by atoms with Crippen LogP contribution in [0.5, 0.6) is 0 Å². The second kappa shape index (κ2) is 8.59. The van der Waals surface area contributed by atoms with Gasteiger partial charge in [-0.2, -0.15) is 0 Å². The smallest absolute Gasteiger partial charge is 0.193 e. The van der Waals surface area contributed by atoms with Gasteiger partial charge >= 0.3 is 0 Å². The third kappa shape index (κ3) is 4.81. The summed E-state index contributed by atoms with van der Waals surface area (Å²) >= 11 is 0. The molecule has 0 saturated carbocycles. The van der Waals surface area contributed by atoms with E-state index >= 15 is 0 Å². The molecule has 1 aromatic carbocycles. The lowest BCUT2D eigenvalue weighted by Crippen LogP contribution is -2.52. The average Bonchev–Trinajstić information content (AvgIpc) is 3.08. The van der Waals surface area contributed by atoms with Gasteiger partial charge < -0.3 is 19.9 Å². The van der Waals surface area contributed by atoms with Crippen molar-refractivity contribution in [3.8, 4) is 0 Å². The molecule has 0 amide bonds. The fourth-order valence-electron chi connectivity index (χ4n) is 3.73. The first-order valence-electron chi connectivity index (χ1n) is 9.93. The van der Waals surface area contributed by atoms with Crippen LogP contribution in [-0.2, 0) is 11.3 Å². The van der Waals surface area contributed by atoms with Crippen LogP contribution in [0.2, 0.25) is 0 Å². The van der Waals surface area contributed by atoms with Crippen molar-refractivity contribution in [2.24, 2.45) is 4.99 Å². The number of fused-ring (bicyclic) bond motifs is 1. The second-order valence-corrected chi connectivity index (χ2v) is 8.45. The molecule has 150 valence electrons. The van der Waals surface area contributed by atoms with Gasteiger partial charge in [0.15, 0.2) is 5.96 Å². The minimum atomic E-state index is 0.0677. The van der Waals surface area contributed by atoms with Gasteiger partial charge in [-0.05, 0) is 33.5 Å². The number of guanidine groups is 1. The Balaban J connectivity index is 1.62. The molecule has 0 spiro atoms. The number of likely N-dealkylation sites (tertiary alicyclic amines) is 1. The van der Waals surface area contributed by atoms with E-state index in [1.807, 2.05) is 7.05 Å². The number of aliphatic imine (C=N–C) groups is 1. The molecule has 27 heavy (non-hydrogen) atoms. The summed E-state index contributed by atoms with van der Waals surface area (Å²) in [6, 6.07) is 11.1. The molecule has 2 saturated heterocycles. The Morgan fingerprint density at radius 3 is 2.67 bits per heavy atom. The predicted octanol–water partition coefficient (Wildman–Crippen LogP) is 1.49. The summed E-state index contributed by atoms with van der Waals surface area (Å²) in [5.41, 5.74) is 1.44. The molecular weight excluding hydrogens is 338 g/mol. The molecule has 2 unspecified atom stereocenters. The summed E-state index contributed by atoms with van der Waals surface area (Å²) in [5, 5.41) is 3.57. The molecule has 2 fully saturated rings. The molecule has 2 atom stereocenters. The van der Waals surface area contributed by atoms with Crippen LogP contribution in [0.4, 0.5) is 0 Å². The first kappa shape index (κ1) is 20.1. The number of hydrogen-bond donors (Lipinski definition) is 1. The third-order valence-corrected chi connectivity index (χ3v) is 6.05. The topological polar surface area (TPSA) is 43.3 Å². The fraction of sp³-hybridized carbons (Fsp3) is 0.667. The van der Waals surface area contributed by atoms with Crippen LogP contribution < -0.4 is 5.32 Å². The summed E-state index contributed by atoms with van der Waals surface area (Å²) in [7, 11) is 6.10. The van der Waals surface area contributed by atoms with Gasteiger partial charge in [0, 0.05) is 45.3 Å². The normalized spacial score (nSPS) is 24.4. The molecule has 6 heteroatoms. The standard InChI is InChI=1S/C21H35N5O/c1-21(2,24(4)5)16-23-20(22-3)26-14-18-19(15-26)27-12-11-25(18)13-17-9-7-6-8-10-17/h6-10,18-19H,11-16H2,1-5H3,(H,22,23). The summed E-state index contributed by atoms with van der Waals surface area (Å²) < 4.78 is 6.10. The van der Waals surface area contributed by atoms with Crippen molar-refractivity contribution in [2.45, 2.75) is 38.1 Å². The molecule has 0 aliphatic carbocycles. The molecule has 1 aromatic rings. The van der Waals surface area contributed by atoms with E-state index in [4.69, 9.17) is 4.74 Å². The zero-order valence-electron chi connectivity index (χ0n) is 17.5. The SMILES string of the molecule is CN=C(NCC(C)(C)N(C)C)N1CC2OCCN(Cc3ccccc3)C2C1. The largest absolute Gasteiger partial charge is 0.373 e. The Bertz CT molecular complexity index is 631. The van der Waals surface area contributed by atoms with Crippen LogP contribution in [0.1, 0.15) is 19.4 Å². The summed E-state index contributed by atoms with van der Waals surface area (Å²) in [5.74, 6) is 0.975. The van der Waals surface area contributed by atoms with E-state index in [1.165, 1.54) is 5.56 Å². The van der Waals surface area contributed by atoms with Gasteiger partial charge in [0.2, 0.25) is 0 Å². The van der Waals surface area contributed by atoms with Crippen LogP contribution in [0.3, 0.4) is 0 Å². The predicted molar refractivity (Wildman–Crippen MR) is 111 cm³/mol. The molecular formula is C21H35N5O. The maximum absolute atomic E-state index is 6.10. The van der Waals surface area contributed by atoms with Gasteiger partial charge in [0.25, 0.3) is 0 Å². The molecule has 0 bridgehead atoms. The van der Waals surface area contributed by atoms with E-state index in [2.05, 4.69) is 83.3 Å². The number of ether oxygens (including phenoxy) is 1. The quantitative estimate of drug-likeness (QED) is 0.626. The molecule has 2 heterocycles. The minimum Gasteiger partial charge on any atom is -0.373 e. The second-order valence-electron chi connectivity index (χ2n) is 8.45. The molecule has 6 nitrogen and oxygen atoms in total. The lowest BCUT2D eigenvalue weighted by atomic mass is 10.0. The molecule has 1 N–H and O–H groups in total. The van der Waals surface area contributed by atoms with Crippen molar-refractivity contribution in [2.75, 3.05) is 53.9 Å². The summed E-state index contributed by atoms with van der Waals surface area (Å²) in [6.07, 6.45) is 0.253. The maximum atomic E-state index is 6.10. The highest BCUT2D eigenvalue weighted by molar-refractivity contribution is 5.80. The van der Waals surface area contributed by atoms with Gasteiger partial charge in [-0.3, -0.25) is 9.89 Å². The highest BCUT2D eigenvalue weighted by atomic mass is 16.5. The number of nitrogens with one attached hydrogen (secondary N) is 1. The van der Waals surface area contributed by atoms with Crippen LogP contribution in [0.25, 0.3) is 0 Å². The van der Waals surface area contributed by atoms with Gasteiger partial charge in [-0.15, -0.1) is 0 Å². The number of benzene rings is 1. The van der Waals surface area contributed by atoms with Crippen LogP contribution >= 0.6 is 0 Å². The summed E-state index contributed by atoms with van der Waals surface area (Å²) in [4.78, 5) is 11.7. The Labute approximate surface area is 164 Å². The Kier molecular flexibility index (Phi) is 6.40. The Hall–Kier alpha value is -1.63. The van der Waals surface area contributed by atoms with Gasteiger partial charge in [-0.1, -0.05) is 30.3 Å². The number of rotatable bonds is 5. The fourth-order valence-corrected chi connectivity index (χ4v) is 3.73. The van der Waals surface area contributed by atoms with E-state index in [0.29, 0.717) is 6.04 Å². The van der Waals surface area contributed by atoms with Crippen molar-refractivity contribution in [3.63, 3.8) is 0 Å². The third-order valence-electron chi connectivity index (χ3n) is 6.05. The van der Waals surface area contributed by atoms with E-state index in [0.717, 1.165) is 45.3 Å². The maximum Gasteiger partial charge on any atom is 0.193 e. The Morgan fingerprint density at radius 1 is 1.26 bits per heavy atom. The Morgan fingerprint density at radius 2 is 2.00 bits per heavy atom. The first-order chi connectivity index (χ1) is 12.9. The van der Waals surface area contributed by atoms with Gasteiger partial charge in [-0.25, -0.2) is 0 Å². The molecule has 0 radical (unpaired) electrons. The van der Waals surface area contributed by atoms with Crippen LogP contribution in [-0.4, -0.2) is 92.3 Å². The van der Waals surface area contributed by atoms with E-state index < -0.39 is 0 Å². The molecule has 3 rings (SSSR count). The first-order valence-corrected chi connectivity index (χ1v) is 9.93. The highest BCUT2D eigenvalue weighted by Gasteiger charge is 2.41. The number of morpholine rings is 1. The van der Waals surface area contributed by atoms with Gasteiger partial charge in [0.05, 0.1) is 18.8 Å². The molecule has 2 aliphatic heterocycles. The van der Waals surface area contributed by atoms with Crippen molar-refractivity contribution in [1.29, 1.82) is 0 Å². The van der Waals surface area contributed by atoms with Crippen molar-refractivity contribution < 1.29 is 4.74 Å². The van der Waals surface area contributed by atoms with E-state index in [-0.39, 0.29) is 11.6 Å².